The van der Waals surface area contributed by atoms with Crippen LogP contribution in [0.25, 0.3) is 16.7 Å². The summed E-state index contributed by atoms with van der Waals surface area (Å²) >= 11 is 0. The number of pyridine rings is 1. The number of para-hydroxylation sites is 2. The number of aromatic nitrogens is 3. The van der Waals surface area contributed by atoms with Crippen LogP contribution in [0.15, 0.2) is 60.7 Å². The number of aryl methyl sites for hydroxylation is 1. The van der Waals surface area contributed by atoms with E-state index in [4.69, 9.17) is 9.47 Å². The number of carbonyl (C=O) groups is 1. The van der Waals surface area contributed by atoms with Gasteiger partial charge in [0.25, 0.3) is 0 Å². The van der Waals surface area contributed by atoms with E-state index >= 15 is 0 Å². The van der Waals surface area contributed by atoms with Gasteiger partial charge in [0, 0.05) is 17.4 Å². The van der Waals surface area contributed by atoms with Crippen LogP contribution in [0.3, 0.4) is 0 Å². The Bertz CT molecular complexity index is 1290. The van der Waals surface area contributed by atoms with E-state index in [-0.39, 0.29) is 6.10 Å². The molecule has 0 N–H and O–H groups in total. The molecule has 0 saturated carbocycles. The van der Waals surface area contributed by atoms with Crippen LogP contribution < -0.4 is 9.47 Å². The minimum Gasteiger partial charge on any atom is -0.488 e. The summed E-state index contributed by atoms with van der Waals surface area (Å²) in [4.78, 5) is 19.0. The van der Waals surface area contributed by atoms with Crippen LogP contribution >= 0.6 is 0 Å². The van der Waals surface area contributed by atoms with Crippen molar-refractivity contribution in [1.82, 2.24) is 19.7 Å². The number of fused-ring (bicyclic) bond motifs is 3. The Morgan fingerprint density at radius 1 is 1.06 bits per heavy atom. The maximum atomic E-state index is 12.7. The number of nitrogens with zero attached hydrogens (tertiary/aromatic N) is 4. The highest BCUT2D eigenvalue weighted by atomic mass is 16.6. The Labute approximate surface area is 178 Å². The van der Waals surface area contributed by atoms with Crippen LogP contribution in [0.4, 0.5) is 4.79 Å². The normalized spacial score (nSPS) is 17.3. The summed E-state index contributed by atoms with van der Waals surface area (Å²) in [5, 5.41) is 5.60. The Morgan fingerprint density at radius 2 is 1.87 bits per heavy atom. The molecule has 0 radical (unpaired) electrons. The van der Waals surface area contributed by atoms with Crippen molar-refractivity contribution in [2.75, 3.05) is 6.54 Å². The van der Waals surface area contributed by atoms with Crippen LogP contribution in [-0.4, -0.2) is 38.4 Å². The first-order valence-electron chi connectivity index (χ1n) is 10.3. The molecule has 0 aliphatic carbocycles. The molecular weight excluding hydrogens is 392 g/mol. The Morgan fingerprint density at radius 3 is 2.71 bits per heavy atom. The van der Waals surface area contributed by atoms with E-state index in [0.717, 1.165) is 34.5 Å². The smallest absolute Gasteiger partial charge is 0.417 e. The fraction of sp³-hybridized carbons (Fsp3) is 0.208. The zero-order valence-corrected chi connectivity index (χ0v) is 17.0. The van der Waals surface area contributed by atoms with Gasteiger partial charge in [0.1, 0.15) is 11.9 Å². The highest BCUT2D eigenvalue weighted by Crippen LogP contribution is 2.32. The lowest BCUT2D eigenvalue weighted by atomic mass is 10.1. The molecular formula is C24H20N4O3. The van der Waals surface area contributed by atoms with Crippen molar-refractivity contribution in [3.05, 3.63) is 77.5 Å². The molecule has 1 atom stereocenters. The third-order valence-electron chi connectivity index (χ3n) is 5.82. The van der Waals surface area contributed by atoms with E-state index in [0.29, 0.717) is 24.6 Å². The average molecular weight is 412 g/mol. The van der Waals surface area contributed by atoms with Gasteiger partial charge in [-0.2, -0.15) is 10.1 Å². The lowest BCUT2D eigenvalue weighted by molar-refractivity contribution is 0.107. The SMILES string of the molecule is Cc1nn(-c2ccccc2)c2nc3c(cc12)CN(CC1Cc2ccccc2O1)C(=O)O3. The fourth-order valence-corrected chi connectivity index (χ4v) is 4.32. The zero-order chi connectivity index (χ0) is 20.9. The van der Waals surface area contributed by atoms with E-state index < -0.39 is 6.09 Å². The van der Waals surface area contributed by atoms with E-state index in [9.17, 15) is 4.79 Å². The molecule has 1 unspecified atom stereocenters. The fourth-order valence-electron chi connectivity index (χ4n) is 4.32. The summed E-state index contributed by atoms with van der Waals surface area (Å²) in [6.45, 7) is 2.86. The van der Waals surface area contributed by atoms with Crippen molar-refractivity contribution >= 4 is 17.1 Å². The zero-order valence-electron chi connectivity index (χ0n) is 17.0. The standard InChI is InChI=1S/C24H20N4O3/c1-15-20-12-17-13-27(14-19-11-16-7-5-6-10-21(16)30-19)24(29)31-23(17)25-22(20)28(26-15)18-8-3-2-4-9-18/h2-10,12,19H,11,13-14H2,1H3. The molecule has 2 aliphatic heterocycles. The molecule has 31 heavy (non-hydrogen) atoms. The maximum absolute atomic E-state index is 12.7. The van der Waals surface area contributed by atoms with Crippen molar-refractivity contribution in [2.24, 2.45) is 0 Å². The van der Waals surface area contributed by atoms with Gasteiger partial charge < -0.3 is 9.47 Å². The highest BCUT2D eigenvalue weighted by molar-refractivity contribution is 5.83. The number of hydrogen-bond acceptors (Lipinski definition) is 5. The Hall–Kier alpha value is -3.87. The van der Waals surface area contributed by atoms with Gasteiger partial charge in [-0.3, -0.25) is 4.90 Å². The summed E-state index contributed by atoms with van der Waals surface area (Å²) in [5.41, 5.74) is 4.52. The molecule has 0 spiro atoms. The molecule has 7 nitrogen and oxygen atoms in total. The summed E-state index contributed by atoms with van der Waals surface area (Å²) < 4.78 is 13.4. The number of hydrogen-bond donors (Lipinski definition) is 0. The van der Waals surface area contributed by atoms with E-state index in [1.807, 2.05) is 61.5 Å². The summed E-state index contributed by atoms with van der Waals surface area (Å²) in [6, 6.07) is 19.8. The number of carbonyl (C=O) groups excluding carboxylic acids is 1. The summed E-state index contributed by atoms with van der Waals surface area (Å²) in [7, 11) is 0. The lowest BCUT2D eigenvalue weighted by Gasteiger charge is -2.29. The quantitative estimate of drug-likeness (QED) is 0.508. The van der Waals surface area contributed by atoms with Gasteiger partial charge in [0.15, 0.2) is 5.65 Å². The summed E-state index contributed by atoms with van der Waals surface area (Å²) in [5.74, 6) is 1.24. The molecule has 2 aliphatic rings. The van der Waals surface area contributed by atoms with Crippen LogP contribution in [0, 0.1) is 6.92 Å². The highest BCUT2D eigenvalue weighted by Gasteiger charge is 2.32. The van der Waals surface area contributed by atoms with Gasteiger partial charge in [-0.1, -0.05) is 36.4 Å². The van der Waals surface area contributed by atoms with Crippen LogP contribution in [0.5, 0.6) is 11.6 Å². The van der Waals surface area contributed by atoms with Crippen molar-refractivity contribution in [2.45, 2.75) is 26.0 Å². The third kappa shape index (κ3) is 3.01. The second-order valence-corrected chi connectivity index (χ2v) is 7.96. The van der Waals surface area contributed by atoms with Gasteiger partial charge in [0.05, 0.1) is 24.5 Å². The molecule has 1 amide bonds. The first kappa shape index (κ1) is 17.9. The number of amides is 1. The third-order valence-corrected chi connectivity index (χ3v) is 5.82. The second-order valence-electron chi connectivity index (χ2n) is 7.96. The van der Waals surface area contributed by atoms with E-state index in [1.54, 1.807) is 9.58 Å². The average Bonchev–Trinajstić information content (AvgIpc) is 3.34. The predicted molar refractivity (Wildman–Crippen MR) is 115 cm³/mol. The van der Waals surface area contributed by atoms with Gasteiger partial charge in [0.2, 0.25) is 5.88 Å². The van der Waals surface area contributed by atoms with Crippen LogP contribution in [0.2, 0.25) is 0 Å². The van der Waals surface area contributed by atoms with Crippen molar-refractivity contribution in [3.8, 4) is 17.3 Å². The van der Waals surface area contributed by atoms with Crippen LogP contribution in [-0.2, 0) is 13.0 Å². The summed E-state index contributed by atoms with van der Waals surface area (Å²) in [6.07, 6.45) is 0.305. The molecule has 7 heteroatoms. The van der Waals surface area contributed by atoms with Crippen molar-refractivity contribution < 1.29 is 14.3 Å². The van der Waals surface area contributed by atoms with Gasteiger partial charge in [-0.05, 0) is 36.8 Å². The van der Waals surface area contributed by atoms with Gasteiger partial charge >= 0.3 is 6.09 Å². The van der Waals surface area contributed by atoms with E-state index in [2.05, 4.69) is 16.1 Å². The second kappa shape index (κ2) is 6.84. The number of ether oxygens (including phenoxy) is 2. The molecule has 154 valence electrons. The molecule has 2 aromatic heterocycles. The molecule has 4 aromatic rings. The number of rotatable bonds is 3. The first-order chi connectivity index (χ1) is 15.2. The molecule has 2 aromatic carbocycles. The molecule has 0 saturated heterocycles. The van der Waals surface area contributed by atoms with Gasteiger partial charge in [-0.25, -0.2) is 9.48 Å². The largest absolute Gasteiger partial charge is 0.488 e. The lowest BCUT2D eigenvalue weighted by Crippen LogP contribution is -2.43. The predicted octanol–water partition coefficient (Wildman–Crippen LogP) is 4.05. The maximum Gasteiger partial charge on any atom is 0.417 e. The van der Waals surface area contributed by atoms with Crippen molar-refractivity contribution in [1.29, 1.82) is 0 Å². The molecule has 0 bridgehead atoms. The van der Waals surface area contributed by atoms with Crippen molar-refractivity contribution in [3.63, 3.8) is 0 Å². The minimum absolute atomic E-state index is 0.0780. The molecule has 4 heterocycles. The first-order valence-corrected chi connectivity index (χ1v) is 10.3. The van der Waals surface area contributed by atoms with Crippen LogP contribution in [0.1, 0.15) is 16.8 Å². The number of benzene rings is 2. The van der Waals surface area contributed by atoms with Gasteiger partial charge in [-0.15, -0.1) is 0 Å². The monoisotopic (exact) mass is 412 g/mol. The Kier molecular flexibility index (Phi) is 3.96. The molecule has 0 fully saturated rings. The topological polar surface area (TPSA) is 69.5 Å². The van der Waals surface area contributed by atoms with E-state index in [1.165, 1.54) is 5.56 Å². The molecule has 6 rings (SSSR count). The minimum atomic E-state index is -0.401. The Balaban J connectivity index is 1.30.